The van der Waals surface area contributed by atoms with Gasteiger partial charge in [0, 0.05) is 11.8 Å². The Kier molecular flexibility index (Phi) is 5.56. The molecule has 2 amide bonds. The van der Waals surface area contributed by atoms with Crippen molar-refractivity contribution in [3.05, 3.63) is 66.8 Å². The molecule has 2 aromatic rings. The molecular weight excluding hydrogens is 344 g/mol. The Bertz CT molecular complexity index is 888. The number of fused-ring (bicyclic) bond motifs is 1. The Labute approximate surface area is 157 Å². The highest BCUT2D eigenvalue weighted by Gasteiger charge is 2.23. The van der Waals surface area contributed by atoms with E-state index in [1.807, 2.05) is 24.3 Å². The third-order valence-corrected chi connectivity index (χ3v) is 3.85. The first-order chi connectivity index (χ1) is 13.0. The van der Waals surface area contributed by atoms with Crippen molar-refractivity contribution < 1.29 is 19.1 Å². The summed E-state index contributed by atoms with van der Waals surface area (Å²) >= 11 is 0. The number of benzene rings is 2. The maximum atomic E-state index is 12.1. The van der Waals surface area contributed by atoms with Gasteiger partial charge in [-0.1, -0.05) is 24.8 Å². The summed E-state index contributed by atoms with van der Waals surface area (Å²) in [6.45, 7) is 5.72. The average molecular weight is 364 g/mol. The first-order valence-electron chi connectivity index (χ1n) is 8.49. The molecule has 2 aromatic carbocycles. The van der Waals surface area contributed by atoms with Crippen molar-refractivity contribution in [2.24, 2.45) is 0 Å². The molecule has 0 fully saturated rings. The van der Waals surface area contributed by atoms with Gasteiger partial charge in [0.15, 0.2) is 6.10 Å². The van der Waals surface area contributed by atoms with Crippen LogP contribution in [0.25, 0.3) is 6.08 Å². The van der Waals surface area contributed by atoms with E-state index in [0.717, 1.165) is 11.3 Å². The topological polar surface area (TPSA) is 76.7 Å². The second-order valence-electron chi connectivity index (χ2n) is 5.95. The van der Waals surface area contributed by atoms with Crippen LogP contribution in [0.5, 0.6) is 11.5 Å². The van der Waals surface area contributed by atoms with Crippen molar-refractivity contribution in [2.45, 2.75) is 13.0 Å². The predicted octanol–water partition coefficient (Wildman–Crippen LogP) is 3.62. The van der Waals surface area contributed by atoms with Crippen LogP contribution >= 0.6 is 0 Å². The first-order valence-corrected chi connectivity index (χ1v) is 8.49. The van der Waals surface area contributed by atoms with Gasteiger partial charge in [0.25, 0.3) is 5.91 Å². The van der Waals surface area contributed by atoms with E-state index >= 15 is 0 Å². The summed E-state index contributed by atoms with van der Waals surface area (Å²) in [5, 5.41) is 5.51. The Morgan fingerprint density at radius 1 is 1.30 bits per heavy atom. The summed E-state index contributed by atoms with van der Waals surface area (Å²) in [7, 11) is 0. The van der Waals surface area contributed by atoms with Crippen LogP contribution in [0.4, 0.5) is 11.4 Å². The Morgan fingerprint density at radius 2 is 2.07 bits per heavy atom. The minimum atomic E-state index is -0.533. The number of nitrogens with one attached hydrogen (secondary N) is 2. The molecule has 1 atom stereocenters. The SMILES string of the molecule is C=CCOc1ccc(/C=C/C(=O)Nc2ccc3c(c2)NC(=O)[C@H](C)O3)cc1. The Hall–Kier alpha value is -3.54. The van der Waals surface area contributed by atoms with Crippen LogP contribution in [0, 0.1) is 0 Å². The van der Waals surface area contributed by atoms with E-state index in [2.05, 4.69) is 17.2 Å². The number of ether oxygens (including phenoxy) is 2. The standard InChI is InChI=1S/C21H20N2O4/c1-3-12-26-17-8-4-15(5-9-17)6-11-20(24)22-16-7-10-19-18(13-16)23-21(25)14(2)27-19/h3-11,13-14H,1,12H2,2H3,(H,22,24)(H,23,25)/b11-6+/t14-/m0/s1. The number of carbonyl (C=O) groups excluding carboxylic acids is 2. The second kappa shape index (κ2) is 8.23. The van der Waals surface area contributed by atoms with Crippen molar-refractivity contribution in [3.8, 4) is 11.5 Å². The molecule has 0 bridgehead atoms. The molecule has 0 saturated carbocycles. The lowest BCUT2D eigenvalue weighted by Gasteiger charge is -2.23. The van der Waals surface area contributed by atoms with E-state index in [4.69, 9.17) is 9.47 Å². The number of amides is 2. The molecule has 0 aromatic heterocycles. The highest BCUT2D eigenvalue weighted by Crippen LogP contribution is 2.32. The van der Waals surface area contributed by atoms with E-state index < -0.39 is 6.10 Å². The fourth-order valence-electron chi connectivity index (χ4n) is 2.47. The summed E-state index contributed by atoms with van der Waals surface area (Å²) in [5.41, 5.74) is 1.97. The van der Waals surface area contributed by atoms with E-state index in [0.29, 0.717) is 23.7 Å². The molecule has 3 rings (SSSR count). The summed E-state index contributed by atoms with van der Waals surface area (Å²) in [4.78, 5) is 23.8. The zero-order chi connectivity index (χ0) is 19.2. The average Bonchev–Trinajstić information content (AvgIpc) is 2.66. The van der Waals surface area contributed by atoms with E-state index in [9.17, 15) is 9.59 Å². The van der Waals surface area contributed by atoms with Gasteiger partial charge in [-0.15, -0.1) is 0 Å². The Balaban J connectivity index is 1.60. The smallest absolute Gasteiger partial charge is 0.265 e. The summed E-state index contributed by atoms with van der Waals surface area (Å²) in [6, 6.07) is 12.5. The second-order valence-corrected chi connectivity index (χ2v) is 5.95. The highest BCUT2D eigenvalue weighted by molar-refractivity contribution is 6.03. The zero-order valence-electron chi connectivity index (χ0n) is 14.9. The third-order valence-electron chi connectivity index (χ3n) is 3.85. The van der Waals surface area contributed by atoms with Gasteiger partial charge in [0.1, 0.15) is 18.1 Å². The summed E-state index contributed by atoms with van der Waals surface area (Å²) in [6.07, 6.45) is 4.29. The van der Waals surface area contributed by atoms with E-state index in [-0.39, 0.29) is 11.8 Å². The van der Waals surface area contributed by atoms with Crippen molar-refractivity contribution in [1.82, 2.24) is 0 Å². The van der Waals surface area contributed by atoms with Gasteiger partial charge in [-0.25, -0.2) is 0 Å². The van der Waals surface area contributed by atoms with Gasteiger partial charge in [-0.2, -0.15) is 0 Å². The lowest BCUT2D eigenvalue weighted by molar-refractivity contribution is -0.122. The van der Waals surface area contributed by atoms with Gasteiger partial charge in [-0.05, 0) is 48.9 Å². The van der Waals surface area contributed by atoms with Gasteiger partial charge >= 0.3 is 0 Å². The molecule has 6 heteroatoms. The lowest BCUT2D eigenvalue weighted by Crippen LogP contribution is -2.34. The molecule has 1 aliphatic heterocycles. The lowest BCUT2D eigenvalue weighted by atomic mass is 10.2. The monoisotopic (exact) mass is 364 g/mol. The number of carbonyl (C=O) groups is 2. The first kappa shape index (κ1) is 18.3. The fourth-order valence-corrected chi connectivity index (χ4v) is 2.47. The zero-order valence-corrected chi connectivity index (χ0v) is 14.9. The normalized spacial score (nSPS) is 15.4. The molecule has 2 N–H and O–H groups in total. The molecule has 1 aliphatic rings. The maximum Gasteiger partial charge on any atom is 0.265 e. The molecule has 138 valence electrons. The molecule has 0 spiro atoms. The summed E-state index contributed by atoms with van der Waals surface area (Å²) < 4.78 is 10.9. The molecule has 27 heavy (non-hydrogen) atoms. The largest absolute Gasteiger partial charge is 0.490 e. The Morgan fingerprint density at radius 3 is 2.81 bits per heavy atom. The van der Waals surface area contributed by atoms with Crippen molar-refractivity contribution in [1.29, 1.82) is 0 Å². The van der Waals surface area contributed by atoms with Gasteiger partial charge in [0.2, 0.25) is 5.91 Å². The molecule has 0 saturated heterocycles. The van der Waals surface area contributed by atoms with Gasteiger partial charge in [-0.3, -0.25) is 9.59 Å². The molecule has 1 heterocycles. The minimum absolute atomic E-state index is 0.216. The molecule has 0 aliphatic carbocycles. The van der Waals surface area contributed by atoms with Crippen LogP contribution in [0.3, 0.4) is 0 Å². The van der Waals surface area contributed by atoms with Crippen molar-refractivity contribution >= 4 is 29.3 Å². The van der Waals surface area contributed by atoms with Crippen LogP contribution in [0.15, 0.2) is 61.2 Å². The highest BCUT2D eigenvalue weighted by atomic mass is 16.5. The minimum Gasteiger partial charge on any atom is -0.490 e. The van der Waals surface area contributed by atoms with Crippen LogP contribution in [-0.2, 0) is 9.59 Å². The number of hydrogen-bond donors (Lipinski definition) is 2. The van der Waals surface area contributed by atoms with Crippen molar-refractivity contribution in [2.75, 3.05) is 17.2 Å². The van der Waals surface area contributed by atoms with Crippen LogP contribution in [0.2, 0.25) is 0 Å². The van der Waals surface area contributed by atoms with Crippen LogP contribution in [0.1, 0.15) is 12.5 Å². The number of anilines is 2. The molecular formula is C21H20N2O4. The molecule has 0 radical (unpaired) electrons. The number of rotatable bonds is 6. The third kappa shape index (κ3) is 4.76. The fraction of sp³-hybridized carbons (Fsp3) is 0.143. The van der Waals surface area contributed by atoms with E-state index in [1.54, 1.807) is 37.3 Å². The summed E-state index contributed by atoms with van der Waals surface area (Å²) in [5.74, 6) is 0.822. The van der Waals surface area contributed by atoms with Gasteiger partial charge in [0.05, 0.1) is 5.69 Å². The predicted molar refractivity (Wildman–Crippen MR) is 105 cm³/mol. The van der Waals surface area contributed by atoms with Crippen molar-refractivity contribution in [3.63, 3.8) is 0 Å². The maximum absolute atomic E-state index is 12.1. The molecule has 6 nitrogen and oxygen atoms in total. The quantitative estimate of drug-likeness (QED) is 0.606. The van der Waals surface area contributed by atoms with E-state index in [1.165, 1.54) is 6.08 Å². The van der Waals surface area contributed by atoms with Crippen LogP contribution in [-0.4, -0.2) is 24.5 Å². The number of hydrogen-bond acceptors (Lipinski definition) is 4. The van der Waals surface area contributed by atoms with Crippen LogP contribution < -0.4 is 20.1 Å². The molecule has 0 unspecified atom stereocenters. The van der Waals surface area contributed by atoms with Gasteiger partial charge < -0.3 is 20.1 Å².